The fourth-order valence-corrected chi connectivity index (χ4v) is 2.29. The van der Waals surface area contributed by atoms with Crippen molar-refractivity contribution in [2.75, 3.05) is 19.8 Å². The van der Waals surface area contributed by atoms with E-state index >= 15 is 0 Å². The number of carboxylic acids is 1. The zero-order valence-electron chi connectivity index (χ0n) is 9.32. The summed E-state index contributed by atoms with van der Waals surface area (Å²) >= 11 is 0. The molecule has 0 aromatic heterocycles. The van der Waals surface area contributed by atoms with Gasteiger partial charge in [0.2, 0.25) is 0 Å². The molecule has 1 saturated heterocycles. The van der Waals surface area contributed by atoms with Crippen molar-refractivity contribution in [2.24, 2.45) is 5.92 Å². The Kier molecular flexibility index (Phi) is 3.47. The van der Waals surface area contributed by atoms with E-state index < -0.39 is 11.6 Å². The summed E-state index contributed by atoms with van der Waals surface area (Å²) in [6, 6.07) is 0.0318. The van der Waals surface area contributed by atoms with Gasteiger partial charge in [-0.15, -0.1) is 0 Å². The molecule has 2 unspecified atom stereocenters. The molecule has 0 aromatic rings. The van der Waals surface area contributed by atoms with E-state index in [9.17, 15) is 9.90 Å². The van der Waals surface area contributed by atoms with Gasteiger partial charge in [-0.25, -0.2) is 0 Å². The van der Waals surface area contributed by atoms with Gasteiger partial charge in [0.1, 0.15) is 0 Å². The number of carboxylic acid groups (broad SMARTS) is 1. The maximum absolute atomic E-state index is 10.8. The highest BCUT2D eigenvalue weighted by Gasteiger charge is 2.38. The van der Waals surface area contributed by atoms with Gasteiger partial charge >= 0.3 is 5.97 Å². The number of aliphatic hydroxyl groups is 1. The third kappa shape index (κ3) is 2.53. The average Bonchev–Trinajstić information content (AvgIpc) is 2.16. The number of ether oxygens (including phenoxy) is 1. The molecule has 2 atom stereocenters. The number of hydrogen-bond acceptors (Lipinski definition) is 4. The van der Waals surface area contributed by atoms with Crippen LogP contribution in [0.4, 0.5) is 0 Å². The first-order valence-corrected chi connectivity index (χ1v) is 5.87. The van der Waals surface area contributed by atoms with Crippen molar-refractivity contribution in [3.8, 4) is 0 Å². The van der Waals surface area contributed by atoms with E-state index in [-0.39, 0.29) is 12.0 Å². The van der Waals surface area contributed by atoms with Gasteiger partial charge in [0, 0.05) is 38.6 Å². The average molecular weight is 229 g/mol. The van der Waals surface area contributed by atoms with E-state index in [0.29, 0.717) is 32.6 Å². The Morgan fingerprint density at radius 3 is 2.56 bits per heavy atom. The van der Waals surface area contributed by atoms with Crippen LogP contribution in [0.1, 0.15) is 25.7 Å². The van der Waals surface area contributed by atoms with Gasteiger partial charge in [-0.2, -0.15) is 0 Å². The fraction of sp³-hybridized carbons (Fsp3) is 0.909. The molecule has 2 aliphatic rings. The summed E-state index contributed by atoms with van der Waals surface area (Å²) in [5.74, 6) is -1.01. The number of aliphatic carboxylic acids is 1. The second kappa shape index (κ2) is 4.69. The quantitative estimate of drug-likeness (QED) is 0.631. The van der Waals surface area contributed by atoms with Crippen molar-refractivity contribution in [3.05, 3.63) is 0 Å². The number of rotatable bonds is 4. The van der Waals surface area contributed by atoms with Crippen molar-refractivity contribution < 1.29 is 19.7 Å². The molecular formula is C11H19NO4. The molecule has 5 heteroatoms. The van der Waals surface area contributed by atoms with Crippen LogP contribution in [0.15, 0.2) is 0 Å². The Bertz CT molecular complexity index is 263. The first-order chi connectivity index (χ1) is 7.61. The minimum absolute atomic E-state index is 0.0318. The predicted molar refractivity (Wildman–Crippen MR) is 57.2 cm³/mol. The molecule has 1 aliphatic carbocycles. The van der Waals surface area contributed by atoms with Gasteiger partial charge in [-0.3, -0.25) is 4.79 Å². The number of carbonyl (C=O) groups is 1. The van der Waals surface area contributed by atoms with Crippen LogP contribution in [0.2, 0.25) is 0 Å². The molecule has 0 radical (unpaired) electrons. The lowest BCUT2D eigenvalue weighted by Gasteiger charge is -2.38. The van der Waals surface area contributed by atoms with Crippen LogP contribution in [0.3, 0.4) is 0 Å². The predicted octanol–water partition coefficient (Wildman–Crippen LogP) is -0.0193. The van der Waals surface area contributed by atoms with Crippen molar-refractivity contribution in [1.29, 1.82) is 0 Å². The molecule has 3 N–H and O–H groups in total. The standard InChI is InChI=1S/C11H19NO4/c13-10(14)8-1-2-9(8)12-7-11(15)3-5-16-6-4-11/h8-9,12,15H,1-7H2,(H,13,14). The minimum Gasteiger partial charge on any atom is -0.481 e. The van der Waals surface area contributed by atoms with Gasteiger partial charge in [-0.05, 0) is 12.8 Å². The van der Waals surface area contributed by atoms with Crippen molar-refractivity contribution in [1.82, 2.24) is 5.32 Å². The van der Waals surface area contributed by atoms with E-state index in [1.807, 2.05) is 0 Å². The van der Waals surface area contributed by atoms with E-state index in [1.165, 1.54) is 0 Å². The van der Waals surface area contributed by atoms with Gasteiger partial charge in [0.25, 0.3) is 0 Å². The van der Waals surface area contributed by atoms with Gasteiger partial charge in [-0.1, -0.05) is 0 Å². The topological polar surface area (TPSA) is 78.8 Å². The van der Waals surface area contributed by atoms with Gasteiger partial charge < -0.3 is 20.3 Å². The van der Waals surface area contributed by atoms with Crippen LogP contribution < -0.4 is 5.32 Å². The van der Waals surface area contributed by atoms with Crippen molar-refractivity contribution in [3.63, 3.8) is 0 Å². The lowest BCUT2D eigenvalue weighted by Crippen LogP contribution is -2.54. The van der Waals surface area contributed by atoms with E-state index in [1.54, 1.807) is 0 Å². The molecule has 1 aliphatic heterocycles. The van der Waals surface area contributed by atoms with Crippen LogP contribution >= 0.6 is 0 Å². The Labute approximate surface area is 94.8 Å². The minimum atomic E-state index is -0.734. The van der Waals surface area contributed by atoms with Crippen molar-refractivity contribution in [2.45, 2.75) is 37.3 Å². The molecule has 0 amide bonds. The summed E-state index contributed by atoms with van der Waals surface area (Å²) in [4.78, 5) is 10.8. The first-order valence-electron chi connectivity index (χ1n) is 5.87. The zero-order valence-corrected chi connectivity index (χ0v) is 9.32. The number of nitrogens with one attached hydrogen (secondary N) is 1. The highest BCUT2D eigenvalue weighted by atomic mass is 16.5. The molecule has 5 nitrogen and oxygen atoms in total. The van der Waals surface area contributed by atoms with Crippen LogP contribution in [0.5, 0.6) is 0 Å². The molecule has 0 bridgehead atoms. The van der Waals surface area contributed by atoms with Gasteiger partial charge in [0.05, 0.1) is 11.5 Å². The molecule has 0 aromatic carbocycles. The molecular weight excluding hydrogens is 210 g/mol. The van der Waals surface area contributed by atoms with E-state index in [0.717, 1.165) is 12.8 Å². The fourth-order valence-electron chi connectivity index (χ4n) is 2.29. The van der Waals surface area contributed by atoms with Crippen LogP contribution in [0, 0.1) is 5.92 Å². The Hall–Kier alpha value is -0.650. The second-order valence-electron chi connectivity index (χ2n) is 4.85. The van der Waals surface area contributed by atoms with E-state index in [2.05, 4.69) is 5.32 Å². The molecule has 0 spiro atoms. The van der Waals surface area contributed by atoms with Crippen LogP contribution in [-0.2, 0) is 9.53 Å². The molecule has 2 rings (SSSR count). The summed E-state index contributed by atoms with van der Waals surface area (Å²) in [5, 5.41) is 22.2. The van der Waals surface area contributed by atoms with Crippen molar-refractivity contribution >= 4 is 5.97 Å². The van der Waals surface area contributed by atoms with Crippen LogP contribution in [0.25, 0.3) is 0 Å². The molecule has 1 saturated carbocycles. The molecule has 16 heavy (non-hydrogen) atoms. The maximum Gasteiger partial charge on any atom is 0.308 e. The molecule has 92 valence electrons. The lowest BCUT2D eigenvalue weighted by molar-refractivity contribution is -0.146. The largest absolute Gasteiger partial charge is 0.481 e. The smallest absolute Gasteiger partial charge is 0.308 e. The van der Waals surface area contributed by atoms with E-state index in [4.69, 9.17) is 9.84 Å². The normalized spacial score (nSPS) is 33.1. The highest BCUT2D eigenvalue weighted by Crippen LogP contribution is 2.28. The lowest BCUT2D eigenvalue weighted by atomic mass is 9.79. The Balaban J connectivity index is 1.76. The first kappa shape index (κ1) is 11.8. The third-order valence-electron chi connectivity index (χ3n) is 3.71. The monoisotopic (exact) mass is 229 g/mol. The summed E-state index contributed by atoms with van der Waals surface area (Å²) in [6.07, 6.45) is 2.90. The summed E-state index contributed by atoms with van der Waals surface area (Å²) in [6.45, 7) is 1.65. The number of hydrogen-bond donors (Lipinski definition) is 3. The Morgan fingerprint density at radius 2 is 2.06 bits per heavy atom. The SMILES string of the molecule is O=C(O)C1CCC1NCC1(O)CCOCC1. The Morgan fingerprint density at radius 1 is 1.38 bits per heavy atom. The summed E-state index contributed by atoms with van der Waals surface area (Å²) in [7, 11) is 0. The summed E-state index contributed by atoms with van der Waals surface area (Å²) in [5.41, 5.74) is -0.711. The summed E-state index contributed by atoms with van der Waals surface area (Å²) < 4.78 is 5.19. The molecule has 2 fully saturated rings. The second-order valence-corrected chi connectivity index (χ2v) is 4.85. The van der Waals surface area contributed by atoms with Crippen LogP contribution in [-0.4, -0.2) is 47.6 Å². The maximum atomic E-state index is 10.8. The highest BCUT2D eigenvalue weighted by molar-refractivity contribution is 5.72. The molecule has 1 heterocycles. The van der Waals surface area contributed by atoms with Gasteiger partial charge in [0.15, 0.2) is 0 Å². The third-order valence-corrected chi connectivity index (χ3v) is 3.71. The zero-order chi connectivity index (χ0) is 11.6.